The molecule has 6 heteroatoms. The normalized spacial score (nSPS) is 12.2. The molecule has 0 atom stereocenters. The smallest absolute Gasteiger partial charge is 0.177 e. The average molecular weight is 270 g/mol. The molecule has 0 aliphatic heterocycles. The molecule has 1 aromatic heterocycles. The third-order valence-electron chi connectivity index (χ3n) is 2.32. The minimum Gasteiger partial charge on any atom is -0.350 e. The summed E-state index contributed by atoms with van der Waals surface area (Å²) in [6.45, 7) is 5.56. The number of sulfone groups is 1. The molecule has 1 rings (SSSR count). The summed E-state index contributed by atoms with van der Waals surface area (Å²) in [7, 11) is -3.39. The number of aromatic amines is 1. The van der Waals surface area contributed by atoms with Crippen LogP contribution >= 0.6 is 12.2 Å². The maximum Gasteiger partial charge on any atom is 0.177 e. The number of nitriles is 1. The van der Waals surface area contributed by atoms with E-state index >= 15 is 0 Å². The van der Waals surface area contributed by atoms with Gasteiger partial charge in [-0.05, 0) is 11.0 Å². The topological polar surface area (TPSA) is 73.7 Å². The lowest BCUT2D eigenvalue weighted by Gasteiger charge is -2.23. The first-order valence-corrected chi connectivity index (χ1v) is 7.25. The van der Waals surface area contributed by atoms with Gasteiger partial charge >= 0.3 is 0 Å². The molecule has 4 nitrogen and oxygen atoms in total. The summed E-state index contributed by atoms with van der Waals surface area (Å²) in [6, 6.07) is 1.98. The highest BCUT2D eigenvalue weighted by molar-refractivity contribution is 7.90. The maximum atomic E-state index is 11.7. The van der Waals surface area contributed by atoms with Gasteiger partial charge in [0.2, 0.25) is 0 Å². The van der Waals surface area contributed by atoms with Crippen molar-refractivity contribution in [2.24, 2.45) is 0 Å². The van der Waals surface area contributed by atoms with Gasteiger partial charge in [-0.25, -0.2) is 8.42 Å². The van der Waals surface area contributed by atoms with Crippen LogP contribution in [-0.2, 0) is 15.3 Å². The third-order valence-corrected chi connectivity index (χ3v) is 3.76. The second kappa shape index (κ2) is 4.24. The molecule has 1 N–H and O–H groups in total. The molecule has 0 aliphatic carbocycles. The molecule has 0 radical (unpaired) electrons. The largest absolute Gasteiger partial charge is 0.350 e. The van der Waals surface area contributed by atoms with Gasteiger partial charge in [-0.1, -0.05) is 33.0 Å². The quantitative estimate of drug-likeness (QED) is 0.795. The highest BCUT2D eigenvalue weighted by Gasteiger charge is 2.27. The van der Waals surface area contributed by atoms with Gasteiger partial charge in [0, 0.05) is 12.5 Å². The van der Waals surface area contributed by atoms with Gasteiger partial charge in [-0.2, -0.15) is 5.26 Å². The summed E-state index contributed by atoms with van der Waals surface area (Å²) < 4.78 is 23.7. The Hall–Kier alpha value is -1.19. The Morgan fingerprint density at radius 2 is 1.94 bits per heavy atom. The molecule has 0 aliphatic rings. The van der Waals surface area contributed by atoms with Crippen LogP contribution in [0.1, 0.15) is 31.9 Å². The van der Waals surface area contributed by atoms with E-state index in [1.807, 2.05) is 26.8 Å². The van der Waals surface area contributed by atoms with Crippen LogP contribution in [0.4, 0.5) is 0 Å². The molecule has 92 valence electrons. The van der Waals surface area contributed by atoms with Gasteiger partial charge in [0.25, 0.3) is 0 Å². The van der Waals surface area contributed by atoms with Crippen LogP contribution in [0.15, 0.2) is 11.1 Å². The Labute approximate surface area is 106 Å². The van der Waals surface area contributed by atoms with E-state index in [4.69, 9.17) is 17.5 Å². The summed E-state index contributed by atoms with van der Waals surface area (Å²) in [5.41, 5.74) is 0.244. The molecule has 0 saturated carbocycles. The van der Waals surface area contributed by atoms with Crippen molar-refractivity contribution in [1.82, 2.24) is 4.98 Å². The number of pyridine rings is 1. The van der Waals surface area contributed by atoms with Crippen LogP contribution in [0.3, 0.4) is 0 Å². The van der Waals surface area contributed by atoms with E-state index in [-0.39, 0.29) is 15.1 Å². The molecule has 0 unspecified atom stereocenters. The first-order valence-electron chi connectivity index (χ1n) is 4.95. The molecule has 0 amide bonds. The molecule has 1 aromatic rings. The van der Waals surface area contributed by atoms with E-state index in [0.717, 1.165) is 6.26 Å². The standard InChI is InChI=1S/C11H14N2O2S2/c1-11(2,3)9-7(5-12)10(16)13-6-8(9)17(4,14)15/h6H,1-4H3,(H,13,16). The number of nitrogens with one attached hydrogen (secondary N) is 1. The molecule has 0 spiro atoms. The van der Waals surface area contributed by atoms with Gasteiger partial charge in [0.15, 0.2) is 9.84 Å². The summed E-state index contributed by atoms with van der Waals surface area (Å²) in [5, 5.41) is 9.12. The van der Waals surface area contributed by atoms with Crippen LogP contribution in [-0.4, -0.2) is 19.7 Å². The van der Waals surface area contributed by atoms with Crippen LogP contribution in [0.5, 0.6) is 0 Å². The highest BCUT2D eigenvalue weighted by Crippen LogP contribution is 2.31. The fraction of sp³-hybridized carbons (Fsp3) is 0.455. The number of H-pyrrole nitrogens is 1. The van der Waals surface area contributed by atoms with E-state index < -0.39 is 15.3 Å². The van der Waals surface area contributed by atoms with Crippen molar-refractivity contribution in [1.29, 1.82) is 5.26 Å². The minimum absolute atomic E-state index is 0.134. The Bertz CT molecular complexity index is 644. The Kier molecular flexibility index (Phi) is 3.46. The molecule has 0 aromatic carbocycles. The zero-order valence-electron chi connectivity index (χ0n) is 10.2. The van der Waals surface area contributed by atoms with Gasteiger partial charge in [-0.3, -0.25) is 0 Å². The van der Waals surface area contributed by atoms with Gasteiger partial charge in [-0.15, -0.1) is 0 Å². The fourth-order valence-electron chi connectivity index (χ4n) is 1.66. The lowest BCUT2D eigenvalue weighted by atomic mass is 9.85. The zero-order valence-corrected chi connectivity index (χ0v) is 11.8. The second-order valence-electron chi connectivity index (χ2n) is 4.87. The molecule has 1 heterocycles. The van der Waals surface area contributed by atoms with Crippen LogP contribution in [0, 0.1) is 16.0 Å². The van der Waals surface area contributed by atoms with Crippen LogP contribution in [0.2, 0.25) is 0 Å². The third kappa shape index (κ3) is 2.73. The molecule has 17 heavy (non-hydrogen) atoms. The lowest BCUT2D eigenvalue weighted by molar-refractivity contribution is 0.560. The number of nitrogens with zero attached hydrogens (tertiary/aromatic N) is 1. The van der Waals surface area contributed by atoms with E-state index in [9.17, 15) is 8.42 Å². The zero-order chi connectivity index (χ0) is 13.4. The number of hydrogen-bond acceptors (Lipinski definition) is 4. The van der Waals surface area contributed by atoms with Crippen molar-refractivity contribution in [2.45, 2.75) is 31.1 Å². The SMILES string of the molecule is CC(C)(C)c1c(S(C)(=O)=O)c[nH]c(=S)c1C#N. The Morgan fingerprint density at radius 1 is 1.41 bits per heavy atom. The molecular weight excluding hydrogens is 256 g/mol. The first-order chi connectivity index (χ1) is 7.59. The predicted octanol–water partition coefficient (Wildman–Crippen LogP) is 2.32. The Balaban J connectivity index is 3.92. The number of rotatable bonds is 1. The highest BCUT2D eigenvalue weighted by atomic mass is 32.2. The van der Waals surface area contributed by atoms with Crippen molar-refractivity contribution in [2.75, 3.05) is 6.26 Å². The summed E-state index contributed by atoms with van der Waals surface area (Å²) in [6.07, 6.45) is 2.48. The van der Waals surface area contributed by atoms with Crippen molar-refractivity contribution < 1.29 is 8.42 Å². The van der Waals surface area contributed by atoms with Crippen LogP contribution in [0.25, 0.3) is 0 Å². The van der Waals surface area contributed by atoms with Crippen molar-refractivity contribution in [3.8, 4) is 6.07 Å². The fourth-order valence-corrected chi connectivity index (χ4v) is 2.91. The minimum atomic E-state index is -3.39. The van der Waals surface area contributed by atoms with Gasteiger partial charge < -0.3 is 4.98 Å². The van der Waals surface area contributed by atoms with Crippen molar-refractivity contribution in [3.05, 3.63) is 22.0 Å². The van der Waals surface area contributed by atoms with E-state index in [1.165, 1.54) is 6.20 Å². The van der Waals surface area contributed by atoms with Gasteiger partial charge in [0.05, 0.1) is 10.5 Å². The van der Waals surface area contributed by atoms with E-state index in [0.29, 0.717) is 5.56 Å². The monoisotopic (exact) mass is 270 g/mol. The molecular formula is C11H14N2O2S2. The van der Waals surface area contributed by atoms with Crippen molar-refractivity contribution >= 4 is 22.1 Å². The summed E-state index contributed by atoms with van der Waals surface area (Å²) in [4.78, 5) is 2.79. The lowest BCUT2D eigenvalue weighted by Crippen LogP contribution is -2.19. The molecule has 0 bridgehead atoms. The van der Waals surface area contributed by atoms with E-state index in [2.05, 4.69) is 4.98 Å². The first kappa shape index (κ1) is 13.9. The second-order valence-corrected chi connectivity index (χ2v) is 7.26. The van der Waals surface area contributed by atoms with Crippen LogP contribution < -0.4 is 0 Å². The molecule has 0 saturated heterocycles. The average Bonchev–Trinajstić information content (AvgIpc) is 2.13. The maximum absolute atomic E-state index is 11.7. The van der Waals surface area contributed by atoms with Gasteiger partial charge in [0.1, 0.15) is 10.7 Å². The van der Waals surface area contributed by atoms with E-state index in [1.54, 1.807) is 0 Å². The number of hydrogen-bond donors (Lipinski definition) is 1. The predicted molar refractivity (Wildman–Crippen MR) is 68.2 cm³/mol. The van der Waals surface area contributed by atoms with Crippen molar-refractivity contribution in [3.63, 3.8) is 0 Å². The Morgan fingerprint density at radius 3 is 2.29 bits per heavy atom. The number of aromatic nitrogens is 1. The summed E-state index contributed by atoms with van der Waals surface area (Å²) >= 11 is 5.02. The summed E-state index contributed by atoms with van der Waals surface area (Å²) in [5.74, 6) is 0. The molecule has 0 fully saturated rings.